The van der Waals surface area contributed by atoms with Crippen molar-refractivity contribution in [1.82, 2.24) is 0 Å². The average Bonchev–Trinajstić information content (AvgIpc) is 3.00. The van der Waals surface area contributed by atoms with Gasteiger partial charge in [-0.25, -0.2) is 0 Å². The normalized spacial score (nSPS) is 17.2. The Morgan fingerprint density at radius 3 is 1.72 bits per heavy atom. The minimum Gasteiger partial charge on any atom is -0.456 e. The van der Waals surface area contributed by atoms with E-state index >= 15 is 0 Å². The molecule has 212 valence electrons. The van der Waals surface area contributed by atoms with E-state index in [1.54, 1.807) is 0 Å². The Balaban J connectivity index is 1.37. The second kappa shape index (κ2) is 8.48. The van der Waals surface area contributed by atoms with Gasteiger partial charge in [-0.15, -0.1) is 0 Å². The van der Waals surface area contributed by atoms with Crippen molar-refractivity contribution in [2.45, 2.75) is 57.8 Å². The van der Waals surface area contributed by atoms with Crippen molar-refractivity contribution in [3.05, 3.63) is 147 Å². The van der Waals surface area contributed by atoms with Crippen LogP contribution in [0.5, 0.6) is 0 Å². The largest absolute Gasteiger partial charge is 0.456 e. The van der Waals surface area contributed by atoms with E-state index < -0.39 is 0 Å². The standard InChI is InChI=1S/C40H35NO2/c1-38(2)27-20-19-24(41-33-16-10-8-14-28(33)39(3,4)29-15-9-11-17-34(29)41)21-30(27)40(5,6)32-23-36-26(22-31(32)38)37(42)25-13-7-12-18-35(25)43-36/h7-23H,1-6H3. The number of benzene rings is 5. The van der Waals surface area contributed by atoms with Crippen molar-refractivity contribution in [2.75, 3.05) is 4.90 Å². The number of rotatable bonds is 1. The molecule has 3 heteroatoms. The van der Waals surface area contributed by atoms with Crippen LogP contribution in [-0.4, -0.2) is 0 Å². The van der Waals surface area contributed by atoms with Crippen LogP contribution in [0.2, 0.25) is 0 Å². The summed E-state index contributed by atoms with van der Waals surface area (Å²) in [4.78, 5) is 16.0. The summed E-state index contributed by atoms with van der Waals surface area (Å²) >= 11 is 0. The van der Waals surface area contributed by atoms with Crippen molar-refractivity contribution >= 4 is 39.0 Å². The van der Waals surface area contributed by atoms with Gasteiger partial charge in [0.1, 0.15) is 11.2 Å². The van der Waals surface area contributed by atoms with Crippen LogP contribution < -0.4 is 10.3 Å². The Hall–Kier alpha value is -4.63. The summed E-state index contributed by atoms with van der Waals surface area (Å²) in [5, 5.41) is 1.27. The SMILES string of the molecule is CC1(C)c2ccccc2N(c2ccc3c(c2)C(C)(C)c2cc4oc5ccccc5c(=O)c4cc2C3(C)C)c2ccccc21. The third kappa shape index (κ3) is 3.39. The number of nitrogens with zero attached hydrogens (tertiary/aromatic N) is 1. The Labute approximate surface area is 252 Å². The van der Waals surface area contributed by atoms with E-state index in [9.17, 15) is 4.79 Å². The lowest BCUT2D eigenvalue weighted by atomic mass is 9.59. The van der Waals surface area contributed by atoms with Crippen molar-refractivity contribution in [3.8, 4) is 0 Å². The highest BCUT2D eigenvalue weighted by Gasteiger charge is 2.43. The van der Waals surface area contributed by atoms with Gasteiger partial charge in [-0.3, -0.25) is 4.79 Å². The summed E-state index contributed by atoms with van der Waals surface area (Å²) in [6.07, 6.45) is 0. The lowest BCUT2D eigenvalue weighted by Gasteiger charge is -2.45. The zero-order chi connectivity index (χ0) is 29.9. The molecule has 0 atom stereocenters. The maximum Gasteiger partial charge on any atom is 0.200 e. The first kappa shape index (κ1) is 26.0. The van der Waals surface area contributed by atoms with E-state index in [-0.39, 0.29) is 21.7 Å². The van der Waals surface area contributed by atoms with E-state index in [1.165, 1.54) is 44.8 Å². The van der Waals surface area contributed by atoms with Gasteiger partial charge in [0.25, 0.3) is 0 Å². The van der Waals surface area contributed by atoms with Crippen LogP contribution in [0.1, 0.15) is 74.9 Å². The van der Waals surface area contributed by atoms with Gasteiger partial charge >= 0.3 is 0 Å². The summed E-state index contributed by atoms with van der Waals surface area (Å²) in [6, 6.07) is 36.3. The van der Waals surface area contributed by atoms with Gasteiger partial charge in [0.15, 0.2) is 0 Å². The molecule has 1 aliphatic heterocycles. The van der Waals surface area contributed by atoms with Crippen LogP contribution in [-0.2, 0) is 16.2 Å². The molecule has 43 heavy (non-hydrogen) atoms. The van der Waals surface area contributed by atoms with Crippen LogP contribution in [0.3, 0.4) is 0 Å². The fraction of sp³-hybridized carbons (Fsp3) is 0.225. The molecule has 1 aliphatic carbocycles. The molecule has 0 saturated heterocycles. The highest BCUT2D eigenvalue weighted by atomic mass is 16.3. The number of fused-ring (bicyclic) bond motifs is 6. The van der Waals surface area contributed by atoms with Crippen molar-refractivity contribution in [1.29, 1.82) is 0 Å². The Morgan fingerprint density at radius 1 is 0.488 bits per heavy atom. The highest BCUT2D eigenvalue weighted by molar-refractivity contribution is 5.92. The molecule has 0 amide bonds. The van der Waals surface area contributed by atoms with Gasteiger partial charge in [0, 0.05) is 21.9 Å². The highest BCUT2D eigenvalue weighted by Crippen LogP contribution is 2.55. The maximum atomic E-state index is 13.6. The van der Waals surface area contributed by atoms with Gasteiger partial charge in [-0.05, 0) is 81.9 Å². The molecule has 0 bridgehead atoms. The Morgan fingerprint density at radius 2 is 1.02 bits per heavy atom. The summed E-state index contributed by atoms with van der Waals surface area (Å²) in [7, 11) is 0. The van der Waals surface area contributed by atoms with E-state index in [2.05, 4.69) is 125 Å². The average molecular weight is 562 g/mol. The first-order chi connectivity index (χ1) is 20.5. The quantitative estimate of drug-likeness (QED) is 0.187. The lowest BCUT2D eigenvalue weighted by Crippen LogP contribution is -2.37. The van der Waals surface area contributed by atoms with Crippen molar-refractivity contribution < 1.29 is 4.42 Å². The number of anilines is 3. The first-order valence-electron chi connectivity index (χ1n) is 15.2. The zero-order valence-electron chi connectivity index (χ0n) is 25.6. The molecule has 0 spiro atoms. The molecule has 0 radical (unpaired) electrons. The fourth-order valence-electron chi connectivity index (χ4n) is 7.85. The molecule has 1 aromatic heterocycles. The summed E-state index contributed by atoms with van der Waals surface area (Å²) in [5.74, 6) is 0. The van der Waals surface area contributed by atoms with Crippen LogP contribution in [0.4, 0.5) is 17.1 Å². The molecule has 2 aliphatic rings. The predicted octanol–water partition coefficient (Wildman–Crippen LogP) is 10.0. The second-order valence-electron chi connectivity index (χ2n) is 13.8. The minimum absolute atomic E-state index is 0.0276. The number of hydrogen-bond donors (Lipinski definition) is 0. The van der Waals surface area contributed by atoms with Crippen LogP contribution in [0, 0.1) is 0 Å². The molecule has 5 aromatic carbocycles. The third-order valence-electron chi connectivity index (χ3n) is 10.3. The van der Waals surface area contributed by atoms with Gasteiger partial charge < -0.3 is 9.32 Å². The minimum atomic E-state index is -0.317. The Bertz CT molecular complexity index is 2150. The first-order valence-corrected chi connectivity index (χ1v) is 15.2. The summed E-state index contributed by atoms with van der Waals surface area (Å²) in [6.45, 7) is 13.8. The number of para-hydroxylation sites is 3. The van der Waals surface area contributed by atoms with Gasteiger partial charge in [-0.2, -0.15) is 0 Å². The van der Waals surface area contributed by atoms with Crippen LogP contribution in [0.25, 0.3) is 21.9 Å². The summed E-state index contributed by atoms with van der Waals surface area (Å²) in [5.41, 5.74) is 11.8. The lowest BCUT2D eigenvalue weighted by molar-refractivity contribution is 0.520. The van der Waals surface area contributed by atoms with E-state index in [0.717, 1.165) is 5.69 Å². The zero-order valence-corrected chi connectivity index (χ0v) is 25.6. The molecule has 0 unspecified atom stereocenters. The monoisotopic (exact) mass is 561 g/mol. The van der Waals surface area contributed by atoms with Gasteiger partial charge in [-0.1, -0.05) is 96.1 Å². The molecular weight excluding hydrogens is 526 g/mol. The third-order valence-corrected chi connectivity index (χ3v) is 10.3. The topological polar surface area (TPSA) is 33.5 Å². The van der Waals surface area contributed by atoms with Crippen molar-refractivity contribution in [2.24, 2.45) is 0 Å². The molecular formula is C40H35NO2. The molecule has 2 heterocycles. The van der Waals surface area contributed by atoms with E-state index in [4.69, 9.17) is 4.42 Å². The maximum absolute atomic E-state index is 13.6. The fourth-order valence-corrected chi connectivity index (χ4v) is 7.85. The Kier molecular flexibility index (Phi) is 5.13. The van der Waals surface area contributed by atoms with Crippen molar-refractivity contribution in [3.63, 3.8) is 0 Å². The second-order valence-corrected chi connectivity index (χ2v) is 13.8. The molecule has 0 fully saturated rings. The number of hydrogen-bond acceptors (Lipinski definition) is 3. The van der Waals surface area contributed by atoms with Crippen LogP contribution in [0.15, 0.2) is 112 Å². The predicted molar refractivity (Wildman–Crippen MR) is 177 cm³/mol. The van der Waals surface area contributed by atoms with Gasteiger partial charge in [0.2, 0.25) is 5.43 Å². The van der Waals surface area contributed by atoms with E-state index in [0.29, 0.717) is 21.9 Å². The molecule has 3 nitrogen and oxygen atoms in total. The molecule has 8 rings (SSSR count). The van der Waals surface area contributed by atoms with Crippen LogP contribution >= 0.6 is 0 Å². The molecule has 0 saturated carbocycles. The molecule has 6 aromatic rings. The van der Waals surface area contributed by atoms with E-state index in [1.807, 2.05) is 24.3 Å². The molecule has 0 N–H and O–H groups in total. The smallest absolute Gasteiger partial charge is 0.200 e. The van der Waals surface area contributed by atoms with Gasteiger partial charge in [0.05, 0.1) is 22.1 Å². The summed E-state index contributed by atoms with van der Waals surface area (Å²) < 4.78 is 6.35.